The summed E-state index contributed by atoms with van der Waals surface area (Å²) in [6.07, 6.45) is 3.94. The molecule has 0 radical (unpaired) electrons. The lowest BCUT2D eigenvalue weighted by molar-refractivity contribution is -0.121. The number of carbonyl (C=O) groups is 3. The Labute approximate surface area is 249 Å². The van der Waals surface area contributed by atoms with Gasteiger partial charge < -0.3 is 19.7 Å². The Morgan fingerprint density at radius 1 is 0.857 bits per heavy atom. The summed E-state index contributed by atoms with van der Waals surface area (Å²) in [5, 5.41) is 3.04. The lowest BCUT2D eigenvalue weighted by Gasteiger charge is -2.37. The van der Waals surface area contributed by atoms with Gasteiger partial charge in [0.2, 0.25) is 12.7 Å². The quantitative estimate of drug-likeness (QED) is 0.281. The number of ether oxygens (including phenoxy) is 2. The van der Waals surface area contributed by atoms with Crippen LogP contribution in [0.4, 0.5) is 11.4 Å². The second-order valence-corrected chi connectivity index (χ2v) is 11.8. The third-order valence-corrected chi connectivity index (χ3v) is 9.39. The van der Waals surface area contributed by atoms with E-state index < -0.39 is 23.4 Å². The number of anilines is 2. The number of carbonyl (C=O) groups excluding carboxylic acids is 3. The van der Waals surface area contributed by atoms with Crippen molar-refractivity contribution in [3.63, 3.8) is 0 Å². The molecule has 1 fully saturated rings. The number of benzene rings is 4. The Morgan fingerprint density at radius 2 is 1.60 bits per heavy atom. The van der Waals surface area contributed by atoms with Crippen LogP contribution in [0, 0.1) is 5.92 Å². The van der Waals surface area contributed by atoms with Crippen molar-refractivity contribution in [3.8, 4) is 11.5 Å². The van der Waals surface area contributed by atoms with Crippen molar-refractivity contribution >= 4 is 50.9 Å². The van der Waals surface area contributed by atoms with E-state index in [9.17, 15) is 14.4 Å². The first-order chi connectivity index (χ1) is 20.5. The SMILES string of the molecule is O=C(c1ccc2c(c1)OCO2)[C@@H]1C2C=Cc3ccccc3N2[C@H](C(=O)c2ccc(Br)cc2)[C@]12C(=O)Nc1ccccc12. The number of halogens is 1. The van der Waals surface area contributed by atoms with E-state index in [0.29, 0.717) is 33.9 Å². The molecule has 0 saturated carbocycles. The summed E-state index contributed by atoms with van der Waals surface area (Å²) < 4.78 is 11.9. The van der Waals surface area contributed by atoms with Crippen LogP contribution in [0.2, 0.25) is 0 Å². The maximum atomic E-state index is 14.8. The predicted molar refractivity (Wildman–Crippen MR) is 161 cm³/mol. The van der Waals surface area contributed by atoms with Gasteiger partial charge in [0.05, 0.1) is 12.0 Å². The highest BCUT2D eigenvalue weighted by atomic mass is 79.9. The van der Waals surface area contributed by atoms with Crippen molar-refractivity contribution in [1.82, 2.24) is 0 Å². The Morgan fingerprint density at radius 3 is 2.45 bits per heavy atom. The molecule has 0 bridgehead atoms. The van der Waals surface area contributed by atoms with E-state index in [2.05, 4.69) is 21.2 Å². The van der Waals surface area contributed by atoms with E-state index in [4.69, 9.17) is 9.47 Å². The molecule has 206 valence electrons. The summed E-state index contributed by atoms with van der Waals surface area (Å²) in [7, 11) is 0. The van der Waals surface area contributed by atoms with Gasteiger partial charge in [0.25, 0.3) is 0 Å². The molecule has 0 aliphatic carbocycles. The van der Waals surface area contributed by atoms with Gasteiger partial charge >= 0.3 is 0 Å². The topological polar surface area (TPSA) is 84.9 Å². The van der Waals surface area contributed by atoms with Gasteiger partial charge in [-0.1, -0.05) is 76.6 Å². The number of amides is 1. The maximum absolute atomic E-state index is 14.8. The highest BCUT2D eigenvalue weighted by molar-refractivity contribution is 9.10. The van der Waals surface area contributed by atoms with Crippen LogP contribution in [-0.2, 0) is 10.2 Å². The third kappa shape index (κ3) is 3.35. The lowest BCUT2D eigenvalue weighted by Crippen LogP contribution is -2.55. The fraction of sp³-hybridized carbons (Fsp3) is 0.147. The van der Waals surface area contributed by atoms with Crippen molar-refractivity contribution in [3.05, 3.63) is 124 Å². The number of hydrogen-bond donors (Lipinski definition) is 1. The van der Waals surface area contributed by atoms with Crippen molar-refractivity contribution in [2.75, 3.05) is 17.0 Å². The van der Waals surface area contributed by atoms with E-state index in [-0.39, 0.29) is 24.3 Å². The van der Waals surface area contributed by atoms with E-state index in [1.54, 1.807) is 30.3 Å². The first-order valence-electron chi connectivity index (χ1n) is 13.7. The molecule has 42 heavy (non-hydrogen) atoms. The molecular formula is C34H23BrN2O5. The third-order valence-electron chi connectivity index (χ3n) is 8.86. The predicted octanol–water partition coefficient (Wildman–Crippen LogP) is 6.03. The molecule has 4 aromatic rings. The van der Waals surface area contributed by atoms with Gasteiger partial charge in [-0.3, -0.25) is 14.4 Å². The summed E-state index contributed by atoms with van der Waals surface area (Å²) in [5.74, 6) is -0.717. The lowest BCUT2D eigenvalue weighted by atomic mass is 9.63. The van der Waals surface area contributed by atoms with Gasteiger partial charge in [0.1, 0.15) is 11.5 Å². The summed E-state index contributed by atoms with van der Waals surface area (Å²) >= 11 is 3.46. The first kappa shape index (κ1) is 25.1. The number of nitrogens with zero attached hydrogens (tertiary/aromatic N) is 1. The Bertz CT molecular complexity index is 1850. The molecule has 1 amide bonds. The van der Waals surface area contributed by atoms with Gasteiger partial charge in [0, 0.05) is 27.0 Å². The second-order valence-electron chi connectivity index (χ2n) is 10.9. The van der Waals surface area contributed by atoms with Crippen LogP contribution in [0.15, 0.2) is 102 Å². The van der Waals surface area contributed by atoms with Crippen LogP contribution in [0.5, 0.6) is 11.5 Å². The summed E-state index contributed by atoms with van der Waals surface area (Å²) in [6, 6.07) is 25.8. The molecule has 0 aromatic heterocycles. The zero-order valence-corrected chi connectivity index (χ0v) is 23.7. The highest BCUT2D eigenvalue weighted by Crippen LogP contribution is 2.58. The van der Waals surface area contributed by atoms with Gasteiger partial charge in [-0.05, 0) is 53.6 Å². The van der Waals surface area contributed by atoms with Crippen molar-refractivity contribution in [2.24, 2.45) is 5.92 Å². The number of nitrogens with one attached hydrogen (secondary N) is 1. The van der Waals surface area contributed by atoms with Crippen LogP contribution in [0.25, 0.3) is 6.08 Å². The Kier molecular flexibility index (Phi) is 5.46. The summed E-state index contributed by atoms with van der Waals surface area (Å²) in [4.78, 5) is 46.1. The highest BCUT2D eigenvalue weighted by Gasteiger charge is 2.71. The monoisotopic (exact) mass is 618 g/mol. The van der Waals surface area contributed by atoms with Gasteiger partial charge in [0.15, 0.2) is 23.1 Å². The van der Waals surface area contributed by atoms with E-state index in [1.165, 1.54) is 0 Å². The number of rotatable bonds is 4. The zero-order chi connectivity index (χ0) is 28.6. The molecule has 1 saturated heterocycles. The minimum atomic E-state index is -1.51. The van der Waals surface area contributed by atoms with Gasteiger partial charge in [-0.25, -0.2) is 0 Å². The zero-order valence-electron chi connectivity index (χ0n) is 22.1. The smallest absolute Gasteiger partial charge is 0.238 e. The fourth-order valence-corrected chi connectivity index (χ4v) is 7.40. The maximum Gasteiger partial charge on any atom is 0.238 e. The minimum Gasteiger partial charge on any atom is -0.454 e. The summed E-state index contributed by atoms with van der Waals surface area (Å²) in [5.41, 5.74) is 2.31. The number of Topliss-reactive ketones (excluding diaryl/α,β-unsaturated/α-hetero) is 2. The minimum absolute atomic E-state index is 0.0792. The standard InChI is InChI=1S/C34H23BrN2O5/c35-22-13-9-20(10-14-22)31(39)32-34(23-6-2-3-7-24(23)36-33(34)40)29(26-15-11-19-5-1-4-8-25(19)37(26)32)30(38)21-12-16-27-28(17-21)42-18-41-27/h1-17,26,29,32H,18H2,(H,36,40)/t26?,29-,32+,34+/m0/s1. The molecule has 7 nitrogen and oxygen atoms in total. The fourth-order valence-electron chi connectivity index (χ4n) is 7.14. The largest absolute Gasteiger partial charge is 0.454 e. The van der Waals surface area contributed by atoms with Crippen molar-refractivity contribution in [2.45, 2.75) is 17.5 Å². The molecule has 4 atom stereocenters. The normalized spacial score (nSPS) is 24.3. The molecular weight excluding hydrogens is 596 g/mol. The molecule has 4 aliphatic heterocycles. The van der Waals surface area contributed by atoms with Crippen LogP contribution in [0.3, 0.4) is 0 Å². The van der Waals surface area contributed by atoms with Crippen LogP contribution >= 0.6 is 15.9 Å². The van der Waals surface area contributed by atoms with Gasteiger partial charge in [-0.2, -0.15) is 0 Å². The second kappa shape index (κ2) is 9.16. The van der Waals surface area contributed by atoms with Crippen LogP contribution < -0.4 is 19.7 Å². The number of para-hydroxylation sites is 2. The Hall–Kier alpha value is -4.69. The van der Waals surface area contributed by atoms with Crippen molar-refractivity contribution in [1.29, 1.82) is 0 Å². The Balaban J connectivity index is 1.41. The molecule has 1 N–H and O–H groups in total. The molecule has 1 unspecified atom stereocenters. The molecule has 8 heteroatoms. The number of ketones is 2. The van der Waals surface area contributed by atoms with E-state index in [1.807, 2.05) is 77.7 Å². The molecule has 8 rings (SSSR count). The van der Waals surface area contributed by atoms with Crippen LogP contribution in [-0.4, -0.2) is 36.4 Å². The number of fused-ring (bicyclic) bond motifs is 6. The molecule has 4 aliphatic rings. The van der Waals surface area contributed by atoms with E-state index >= 15 is 0 Å². The molecule has 4 aromatic carbocycles. The summed E-state index contributed by atoms with van der Waals surface area (Å²) in [6.45, 7) is 0.0792. The number of hydrogen-bond acceptors (Lipinski definition) is 6. The van der Waals surface area contributed by atoms with E-state index in [0.717, 1.165) is 15.7 Å². The van der Waals surface area contributed by atoms with Crippen molar-refractivity contribution < 1.29 is 23.9 Å². The average molecular weight is 619 g/mol. The van der Waals surface area contributed by atoms with Gasteiger partial charge in [-0.15, -0.1) is 0 Å². The first-order valence-corrected chi connectivity index (χ1v) is 14.5. The average Bonchev–Trinajstić information content (AvgIpc) is 3.69. The molecule has 1 spiro atoms. The van der Waals surface area contributed by atoms with Crippen LogP contribution in [0.1, 0.15) is 31.8 Å². The molecule has 4 heterocycles.